The first-order valence-electron chi connectivity index (χ1n) is 5.69. The second kappa shape index (κ2) is 5.55. The van der Waals surface area contributed by atoms with Gasteiger partial charge in [0, 0.05) is 11.1 Å². The van der Waals surface area contributed by atoms with Crippen molar-refractivity contribution in [3.8, 4) is 11.6 Å². The van der Waals surface area contributed by atoms with E-state index in [1.807, 2.05) is 26.0 Å². The van der Waals surface area contributed by atoms with Crippen molar-refractivity contribution in [3.63, 3.8) is 0 Å². The summed E-state index contributed by atoms with van der Waals surface area (Å²) in [7, 11) is 0. The van der Waals surface area contributed by atoms with E-state index in [-0.39, 0.29) is 4.99 Å². The van der Waals surface area contributed by atoms with E-state index in [0.717, 1.165) is 16.1 Å². The number of aromatic nitrogens is 1. The Balaban J connectivity index is 2.31. The van der Waals surface area contributed by atoms with Crippen molar-refractivity contribution in [2.24, 2.45) is 5.73 Å². The van der Waals surface area contributed by atoms with E-state index in [0.29, 0.717) is 17.3 Å². The van der Waals surface area contributed by atoms with Crippen molar-refractivity contribution >= 4 is 28.8 Å². The summed E-state index contributed by atoms with van der Waals surface area (Å²) in [6, 6.07) is 9.02. The Morgan fingerprint density at radius 3 is 2.47 bits per heavy atom. The smallest absolute Gasteiger partial charge is 0.219 e. The molecule has 0 bridgehead atoms. The molecular weight excluding hydrogens is 280 g/mol. The van der Waals surface area contributed by atoms with E-state index in [1.165, 1.54) is 0 Å². The molecule has 98 valence electrons. The summed E-state index contributed by atoms with van der Waals surface area (Å²) in [6.45, 7) is 3.86. The maximum absolute atomic E-state index is 6.11. The molecule has 1 heterocycles. The van der Waals surface area contributed by atoms with E-state index in [9.17, 15) is 0 Å². The van der Waals surface area contributed by atoms with Crippen molar-refractivity contribution in [2.75, 3.05) is 0 Å². The minimum absolute atomic E-state index is 0.244. The van der Waals surface area contributed by atoms with E-state index in [2.05, 4.69) is 4.98 Å². The number of benzene rings is 1. The van der Waals surface area contributed by atoms with Gasteiger partial charge in [-0.1, -0.05) is 29.9 Å². The largest absolute Gasteiger partial charge is 0.439 e. The molecule has 2 rings (SSSR count). The zero-order valence-corrected chi connectivity index (χ0v) is 12.2. The predicted octanol–water partition coefficient (Wildman–Crippen LogP) is 3.78. The van der Waals surface area contributed by atoms with Crippen LogP contribution in [-0.4, -0.2) is 9.97 Å². The second-order valence-corrected chi connectivity index (χ2v) is 5.02. The number of nitrogens with zero attached hydrogens (tertiary/aromatic N) is 1. The van der Waals surface area contributed by atoms with Gasteiger partial charge in [0.15, 0.2) is 0 Å². The molecule has 2 aromatic rings. The summed E-state index contributed by atoms with van der Waals surface area (Å²) in [5.74, 6) is 1.14. The first kappa shape index (κ1) is 13.8. The van der Waals surface area contributed by atoms with Crippen LogP contribution in [0.5, 0.6) is 11.6 Å². The number of hydrogen-bond donors (Lipinski definition) is 1. The molecule has 0 unspecified atom stereocenters. The standard InChI is InChI=1S/C14H13ClN2OS/c1-8-6-10(7-9(2)13(8)15)18-12-5-3-4-11(17-12)14(16)19/h3-7H,1-2H3,(H2,16,19). The molecule has 0 amide bonds. The van der Waals surface area contributed by atoms with Gasteiger partial charge in [-0.05, 0) is 43.2 Å². The Labute approximate surface area is 122 Å². The lowest BCUT2D eigenvalue weighted by molar-refractivity contribution is 0.462. The van der Waals surface area contributed by atoms with Gasteiger partial charge in [-0.2, -0.15) is 0 Å². The highest BCUT2D eigenvalue weighted by Gasteiger charge is 2.06. The van der Waals surface area contributed by atoms with Crippen LogP contribution in [0.3, 0.4) is 0 Å². The van der Waals surface area contributed by atoms with Gasteiger partial charge in [0.2, 0.25) is 5.88 Å². The quantitative estimate of drug-likeness (QED) is 0.875. The summed E-state index contributed by atoms with van der Waals surface area (Å²) >= 11 is 11.0. The topological polar surface area (TPSA) is 48.1 Å². The Morgan fingerprint density at radius 2 is 1.89 bits per heavy atom. The van der Waals surface area contributed by atoms with Gasteiger partial charge in [0.05, 0.1) is 0 Å². The molecule has 0 saturated heterocycles. The fourth-order valence-electron chi connectivity index (χ4n) is 1.69. The van der Waals surface area contributed by atoms with Crippen molar-refractivity contribution in [3.05, 3.63) is 52.2 Å². The van der Waals surface area contributed by atoms with Crippen LogP contribution in [-0.2, 0) is 0 Å². The van der Waals surface area contributed by atoms with E-state index >= 15 is 0 Å². The van der Waals surface area contributed by atoms with E-state index < -0.39 is 0 Å². The number of aryl methyl sites for hydroxylation is 2. The van der Waals surface area contributed by atoms with Crippen LogP contribution in [0.4, 0.5) is 0 Å². The van der Waals surface area contributed by atoms with Crippen LogP contribution in [0.15, 0.2) is 30.3 Å². The molecule has 1 aromatic heterocycles. The normalized spacial score (nSPS) is 10.3. The molecule has 3 nitrogen and oxygen atoms in total. The monoisotopic (exact) mass is 292 g/mol. The third-order valence-electron chi connectivity index (χ3n) is 2.61. The lowest BCUT2D eigenvalue weighted by Crippen LogP contribution is -2.11. The average molecular weight is 293 g/mol. The molecular formula is C14H13ClN2OS. The highest BCUT2D eigenvalue weighted by atomic mass is 35.5. The lowest BCUT2D eigenvalue weighted by Gasteiger charge is -2.09. The molecule has 0 fully saturated rings. The maximum atomic E-state index is 6.11. The van der Waals surface area contributed by atoms with Crippen LogP contribution in [0.2, 0.25) is 5.02 Å². The van der Waals surface area contributed by atoms with Gasteiger partial charge in [0.1, 0.15) is 16.4 Å². The predicted molar refractivity (Wildman–Crippen MR) is 81.1 cm³/mol. The third-order valence-corrected chi connectivity index (χ3v) is 3.41. The van der Waals surface area contributed by atoms with Gasteiger partial charge in [0.25, 0.3) is 0 Å². The molecule has 0 atom stereocenters. The molecule has 0 spiro atoms. The van der Waals surface area contributed by atoms with Crippen LogP contribution in [0, 0.1) is 13.8 Å². The van der Waals surface area contributed by atoms with E-state index in [1.54, 1.807) is 18.2 Å². The highest BCUT2D eigenvalue weighted by molar-refractivity contribution is 7.80. The molecule has 5 heteroatoms. The zero-order chi connectivity index (χ0) is 14.0. The van der Waals surface area contributed by atoms with E-state index in [4.69, 9.17) is 34.3 Å². The fourth-order valence-corrected chi connectivity index (χ4v) is 1.92. The van der Waals surface area contributed by atoms with Gasteiger partial charge < -0.3 is 10.5 Å². The maximum Gasteiger partial charge on any atom is 0.219 e. The molecule has 19 heavy (non-hydrogen) atoms. The SMILES string of the molecule is Cc1cc(Oc2cccc(C(N)=S)n2)cc(C)c1Cl. The Kier molecular flexibility index (Phi) is 4.02. The summed E-state index contributed by atoms with van der Waals surface area (Å²) in [5, 5.41) is 0.747. The first-order valence-corrected chi connectivity index (χ1v) is 6.47. The summed E-state index contributed by atoms with van der Waals surface area (Å²) in [5.41, 5.74) is 8.00. The number of rotatable bonds is 3. The number of thiocarbonyl (C=S) groups is 1. The summed E-state index contributed by atoms with van der Waals surface area (Å²) in [6.07, 6.45) is 0. The number of halogens is 1. The second-order valence-electron chi connectivity index (χ2n) is 4.20. The van der Waals surface area contributed by atoms with Crippen LogP contribution >= 0.6 is 23.8 Å². The molecule has 0 aliphatic carbocycles. The molecule has 0 saturated carbocycles. The van der Waals surface area contributed by atoms with Crippen molar-refractivity contribution in [1.29, 1.82) is 0 Å². The number of pyridine rings is 1. The molecule has 0 aliphatic rings. The van der Waals surface area contributed by atoms with Gasteiger partial charge >= 0.3 is 0 Å². The Morgan fingerprint density at radius 1 is 1.26 bits per heavy atom. The number of nitrogens with two attached hydrogens (primary N) is 1. The van der Waals surface area contributed by atoms with Crippen molar-refractivity contribution in [1.82, 2.24) is 4.98 Å². The summed E-state index contributed by atoms with van der Waals surface area (Å²) < 4.78 is 5.70. The highest BCUT2D eigenvalue weighted by Crippen LogP contribution is 2.28. The Bertz CT molecular complexity index is 620. The number of ether oxygens (including phenoxy) is 1. The average Bonchev–Trinajstić information content (AvgIpc) is 2.36. The minimum atomic E-state index is 0.244. The molecule has 0 aliphatic heterocycles. The van der Waals surface area contributed by atoms with Crippen LogP contribution in [0.1, 0.15) is 16.8 Å². The fraction of sp³-hybridized carbons (Fsp3) is 0.143. The van der Waals surface area contributed by atoms with Crippen LogP contribution < -0.4 is 10.5 Å². The van der Waals surface area contributed by atoms with Gasteiger partial charge in [-0.25, -0.2) is 4.98 Å². The van der Waals surface area contributed by atoms with Crippen molar-refractivity contribution < 1.29 is 4.74 Å². The zero-order valence-electron chi connectivity index (χ0n) is 10.6. The molecule has 2 N–H and O–H groups in total. The van der Waals surface area contributed by atoms with Gasteiger partial charge in [-0.15, -0.1) is 0 Å². The molecule has 0 radical (unpaired) electrons. The van der Waals surface area contributed by atoms with Crippen molar-refractivity contribution in [2.45, 2.75) is 13.8 Å². The minimum Gasteiger partial charge on any atom is -0.439 e. The molecule has 1 aromatic carbocycles. The Hall–Kier alpha value is -1.65. The summed E-state index contributed by atoms with van der Waals surface area (Å²) in [4.78, 5) is 4.47. The number of hydrogen-bond acceptors (Lipinski definition) is 3. The van der Waals surface area contributed by atoms with Gasteiger partial charge in [-0.3, -0.25) is 0 Å². The lowest BCUT2D eigenvalue weighted by atomic mass is 10.1. The van der Waals surface area contributed by atoms with Crippen LogP contribution in [0.25, 0.3) is 0 Å². The third kappa shape index (κ3) is 3.22. The first-order chi connectivity index (χ1) is 8.97.